The molecule has 0 aliphatic carbocycles. The van der Waals surface area contributed by atoms with Crippen LogP contribution in [0.4, 0.5) is 0 Å². The molecule has 2 rings (SSSR count). The first kappa shape index (κ1) is 13.1. The number of hydrogen-bond donors (Lipinski definition) is 1. The molecular formula is C13H15N3O3. The van der Waals surface area contributed by atoms with Gasteiger partial charge in [-0.05, 0) is 32.1 Å². The van der Waals surface area contributed by atoms with Crippen molar-refractivity contribution in [2.24, 2.45) is 4.99 Å². The number of ether oxygens (including phenoxy) is 1. The molecule has 0 unspecified atom stereocenters. The molecule has 0 radical (unpaired) electrons. The third kappa shape index (κ3) is 2.90. The first-order chi connectivity index (χ1) is 9.11. The van der Waals surface area contributed by atoms with Crippen molar-refractivity contribution < 1.29 is 14.3 Å². The number of amidine groups is 1. The summed E-state index contributed by atoms with van der Waals surface area (Å²) in [6.45, 7) is 3.60. The van der Waals surface area contributed by atoms with Crippen LogP contribution in [0.2, 0.25) is 0 Å². The van der Waals surface area contributed by atoms with Crippen LogP contribution in [0, 0.1) is 0 Å². The van der Waals surface area contributed by atoms with E-state index in [-0.39, 0.29) is 12.5 Å². The van der Waals surface area contributed by atoms with E-state index in [2.05, 4.69) is 9.98 Å². The van der Waals surface area contributed by atoms with Gasteiger partial charge in [-0.25, -0.2) is 4.99 Å². The molecule has 0 atom stereocenters. The number of aromatic amines is 1. The number of hydrogen-bond acceptors (Lipinski definition) is 4. The van der Waals surface area contributed by atoms with Crippen LogP contribution in [0.3, 0.4) is 0 Å². The highest BCUT2D eigenvalue weighted by atomic mass is 16.5. The van der Waals surface area contributed by atoms with Crippen LogP contribution < -0.4 is 0 Å². The van der Waals surface area contributed by atoms with Crippen molar-refractivity contribution in [2.75, 3.05) is 13.2 Å². The molecule has 1 N–H and O–H groups in total. The molecule has 100 valence electrons. The van der Waals surface area contributed by atoms with Gasteiger partial charge in [0.1, 0.15) is 18.1 Å². The number of carbonyl (C=O) groups is 2. The third-order valence-electron chi connectivity index (χ3n) is 2.64. The van der Waals surface area contributed by atoms with Gasteiger partial charge in [0.25, 0.3) is 5.91 Å². The maximum Gasteiger partial charge on any atom is 0.326 e. The summed E-state index contributed by atoms with van der Waals surface area (Å²) >= 11 is 0. The fourth-order valence-corrected chi connectivity index (χ4v) is 1.76. The van der Waals surface area contributed by atoms with Crippen LogP contribution in [-0.4, -0.2) is 40.7 Å². The van der Waals surface area contributed by atoms with E-state index in [4.69, 9.17) is 4.74 Å². The second-order valence-corrected chi connectivity index (χ2v) is 4.01. The molecule has 1 aliphatic rings. The van der Waals surface area contributed by atoms with Crippen molar-refractivity contribution >= 4 is 23.8 Å². The van der Waals surface area contributed by atoms with E-state index in [0.717, 1.165) is 5.69 Å². The lowest BCUT2D eigenvalue weighted by molar-refractivity contribution is -0.145. The van der Waals surface area contributed by atoms with Gasteiger partial charge in [0.05, 0.1) is 6.61 Å². The Morgan fingerprint density at radius 1 is 1.58 bits per heavy atom. The monoisotopic (exact) mass is 261 g/mol. The molecule has 1 aliphatic heterocycles. The van der Waals surface area contributed by atoms with Gasteiger partial charge in [-0.1, -0.05) is 0 Å². The Labute approximate surface area is 110 Å². The van der Waals surface area contributed by atoms with E-state index >= 15 is 0 Å². The molecule has 6 heteroatoms. The highest BCUT2D eigenvalue weighted by molar-refractivity contribution is 6.14. The van der Waals surface area contributed by atoms with E-state index in [1.54, 1.807) is 26.1 Å². The maximum atomic E-state index is 12.1. The number of esters is 1. The van der Waals surface area contributed by atoms with E-state index in [1.807, 2.05) is 12.1 Å². The van der Waals surface area contributed by atoms with Crippen molar-refractivity contribution in [3.05, 3.63) is 29.7 Å². The summed E-state index contributed by atoms with van der Waals surface area (Å²) in [5, 5.41) is 0. The van der Waals surface area contributed by atoms with Crippen LogP contribution >= 0.6 is 0 Å². The third-order valence-corrected chi connectivity index (χ3v) is 2.64. The van der Waals surface area contributed by atoms with Crippen LogP contribution in [0.25, 0.3) is 6.08 Å². The number of H-pyrrole nitrogens is 1. The largest absolute Gasteiger partial charge is 0.465 e. The summed E-state index contributed by atoms with van der Waals surface area (Å²) < 4.78 is 4.83. The SMILES string of the molecule is CCOC(=O)CN1C(=O)/C(=C/c2ccc[nH]2)N=C1C. The Kier molecular flexibility index (Phi) is 3.79. The molecule has 2 heterocycles. The molecule has 0 aromatic carbocycles. The van der Waals surface area contributed by atoms with Crippen molar-refractivity contribution in [3.63, 3.8) is 0 Å². The van der Waals surface area contributed by atoms with Gasteiger partial charge in [0.15, 0.2) is 0 Å². The number of amides is 1. The van der Waals surface area contributed by atoms with Crippen molar-refractivity contribution in [1.82, 2.24) is 9.88 Å². The Bertz CT molecular complexity index is 543. The van der Waals surface area contributed by atoms with Crippen LogP contribution in [0.1, 0.15) is 19.5 Å². The molecule has 0 saturated heterocycles. The normalized spacial score (nSPS) is 16.9. The zero-order valence-electron chi connectivity index (χ0n) is 10.8. The van der Waals surface area contributed by atoms with Crippen molar-refractivity contribution in [2.45, 2.75) is 13.8 Å². The molecular weight excluding hydrogens is 246 g/mol. The summed E-state index contributed by atoms with van der Waals surface area (Å²) in [7, 11) is 0. The van der Waals surface area contributed by atoms with Gasteiger partial charge >= 0.3 is 5.97 Å². The van der Waals surface area contributed by atoms with Gasteiger partial charge in [0.2, 0.25) is 0 Å². The van der Waals surface area contributed by atoms with Gasteiger partial charge in [-0.2, -0.15) is 0 Å². The molecule has 0 bridgehead atoms. The van der Waals surface area contributed by atoms with E-state index in [9.17, 15) is 9.59 Å². The smallest absolute Gasteiger partial charge is 0.326 e. The zero-order valence-corrected chi connectivity index (χ0v) is 10.8. The second-order valence-electron chi connectivity index (χ2n) is 4.01. The highest BCUT2D eigenvalue weighted by Gasteiger charge is 2.29. The van der Waals surface area contributed by atoms with Crippen molar-refractivity contribution in [3.8, 4) is 0 Å². The average molecular weight is 261 g/mol. The standard InChI is InChI=1S/C13H15N3O3/c1-3-19-12(17)8-16-9(2)15-11(13(16)18)7-10-5-4-6-14-10/h4-7,14H,3,8H2,1-2H3/b11-7-. The summed E-state index contributed by atoms with van der Waals surface area (Å²) in [6.07, 6.45) is 3.41. The minimum absolute atomic E-state index is 0.107. The lowest BCUT2D eigenvalue weighted by Gasteiger charge is -2.14. The Balaban J connectivity index is 2.12. The lowest BCUT2D eigenvalue weighted by Crippen LogP contribution is -2.36. The zero-order chi connectivity index (χ0) is 13.8. The number of carbonyl (C=O) groups excluding carboxylic acids is 2. The molecule has 0 fully saturated rings. The number of aliphatic imine (C=N–C) groups is 1. The average Bonchev–Trinajstić information content (AvgIpc) is 2.95. The highest BCUT2D eigenvalue weighted by Crippen LogP contribution is 2.17. The van der Waals surface area contributed by atoms with E-state index in [0.29, 0.717) is 18.1 Å². The molecule has 1 amide bonds. The Hall–Kier alpha value is -2.37. The number of nitrogens with zero attached hydrogens (tertiary/aromatic N) is 2. The lowest BCUT2D eigenvalue weighted by atomic mass is 10.3. The maximum absolute atomic E-state index is 12.1. The molecule has 0 spiro atoms. The molecule has 1 aromatic rings. The summed E-state index contributed by atoms with van der Waals surface area (Å²) in [6, 6.07) is 3.66. The minimum Gasteiger partial charge on any atom is -0.465 e. The fourth-order valence-electron chi connectivity index (χ4n) is 1.76. The van der Waals surface area contributed by atoms with Crippen LogP contribution in [-0.2, 0) is 14.3 Å². The topological polar surface area (TPSA) is 74.8 Å². The quantitative estimate of drug-likeness (QED) is 0.653. The number of rotatable bonds is 4. The summed E-state index contributed by atoms with van der Waals surface area (Å²) in [5.74, 6) is -0.234. The first-order valence-corrected chi connectivity index (χ1v) is 5.99. The summed E-state index contributed by atoms with van der Waals surface area (Å²) in [5.41, 5.74) is 1.10. The fraction of sp³-hybridized carbons (Fsp3) is 0.308. The Morgan fingerprint density at radius 3 is 3.00 bits per heavy atom. The first-order valence-electron chi connectivity index (χ1n) is 5.99. The van der Waals surface area contributed by atoms with Crippen LogP contribution in [0.15, 0.2) is 29.0 Å². The van der Waals surface area contributed by atoms with E-state index in [1.165, 1.54) is 4.90 Å². The predicted molar refractivity (Wildman–Crippen MR) is 70.2 cm³/mol. The Morgan fingerprint density at radius 2 is 2.37 bits per heavy atom. The second kappa shape index (κ2) is 5.51. The number of nitrogens with one attached hydrogen (secondary N) is 1. The van der Waals surface area contributed by atoms with Gasteiger partial charge in [0, 0.05) is 11.9 Å². The van der Waals surface area contributed by atoms with E-state index < -0.39 is 5.97 Å². The molecule has 1 aromatic heterocycles. The molecule has 6 nitrogen and oxygen atoms in total. The minimum atomic E-state index is -0.438. The summed E-state index contributed by atoms with van der Waals surface area (Å²) in [4.78, 5) is 32.0. The number of aromatic nitrogens is 1. The van der Waals surface area contributed by atoms with Gasteiger partial charge in [-0.3, -0.25) is 14.5 Å². The van der Waals surface area contributed by atoms with Crippen LogP contribution in [0.5, 0.6) is 0 Å². The van der Waals surface area contributed by atoms with Gasteiger partial charge in [-0.15, -0.1) is 0 Å². The molecule has 19 heavy (non-hydrogen) atoms. The predicted octanol–water partition coefficient (Wildman–Crippen LogP) is 1.18. The van der Waals surface area contributed by atoms with Gasteiger partial charge < -0.3 is 9.72 Å². The molecule has 0 saturated carbocycles. The van der Waals surface area contributed by atoms with Crippen molar-refractivity contribution in [1.29, 1.82) is 0 Å².